The Morgan fingerprint density at radius 3 is 0.517 bits per heavy atom. The number of hydrogen-bond acceptors (Lipinski definition) is 0. The molecule has 0 N–H and O–H groups in total. The van der Waals surface area contributed by atoms with Gasteiger partial charge in [0.25, 0.3) is 0 Å². The molecule has 0 atom stereocenters. The summed E-state index contributed by atoms with van der Waals surface area (Å²) in [6, 6.07) is 154. The van der Waals surface area contributed by atoms with Crippen molar-refractivity contribution in [3.8, 4) is 45.5 Å². The van der Waals surface area contributed by atoms with Crippen molar-refractivity contribution in [2.24, 2.45) is 0 Å². The molecule has 0 spiro atoms. The summed E-state index contributed by atoms with van der Waals surface area (Å²) in [7, 11) is 0. The Morgan fingerprint density at radius 2 is 0.259 bits per heavy atom. The quantitative estimate of drug-likeness (QED) is 0.136. The molecule has 6 aromatic heterocycles. The van der Waals surface area contributed by atoms with Crippen molar-refractivity contribution in [2.45, 2.75) is 0 Å². The van der Waals surface area contributed by atoms with Crippen LogP contribution in [0.1, 0.15) is 0 Å². The highest BCUT2D eigenvalue weighted by Gasteiger charge is 2.25. The monoisotopic (exact) mass is 1480 g/mol. The summed E-state index contributed by atoms with van der Waals surface area (Å²) in [4.78, 5) is 0. The van der Waals surface area contributed by atoms with Crippen LogP contribution < -0.4 is 0 Å². The molecule has 0 unspecified atom stereocenters. The van der Waals surface area contributed by atoms with Crippen LogP contribution in [0, 0.1) is 0 Å². The Balaban J connectivity index is 0.871. The molecule has 0 aliphatic rings. The van der Waals surface area contributed by atoms with Gasteiger partial charge in [0, 0.05) is 88.6 Å². The summed E-state index contributed by atoms with van der Waals surface area (Å²) in [6.45, 7) is 0. The summed E-state index contributed by atoms with van der Waals surface area (Å²) in [5, 5.41) is 18.5. The zero-order chi connectivity index (χ0) is 75.8. The summed E-state index contributed by atoms with van der Waals surface area (Å²) in [6.07, 6.45) is 0. The molecule has 116 heavy (non-hydrogen) atoms. The second-order valence-corrected chi connectivity index (χ2v) is 30.7. The molecule has 0 amide bonds. The minimum absolute atomic E-state index is 1.05. The summed E-state index contributed by atoms with van der Waals surface area (Å²) < 4.78 is 19.9. The van der Waals surface area contributed by atoms with Gasteiger partial charge in [-0.2, -0.15) is 0 Å². The van der Waals surface area contributed by atoms with Crippen LogP contribution >= 0.6 is 0 Å². The molecule has 25 rings (SSSR count). The molecular weight excluding hydrogens is 1410 g/mol. The lowest BCUT2D eigenvalue weighted by atomic mass is 9.92. The van der Waals surface area contributed by atoms with Crippen molar-refractivity contribution in [2.75, 3.05) is 0 Å². The number of benzene rings is 18. The minimum Gasteiger partial charge on any atom is -0.309 e. The molecule has 25 aromatic rings. The van der Waals surface area contributed by atoms with Gasteiger partial charge >= 0.3 is 0 Å². The lowest BCUT2D eigenvalue weighted by Crippen LogP contribution is -2.09. The zero-order valence-electron chi connectivity index (χ0n) is 62.8. The third kappa shape index (κ3) is 9.32. The van der Waals surface area contributed by atoms with Crippen LogP contribution in [0.25, 0.3) is 220 Å². The highest BCUT2D eigenvalue weighted by Crippen LogP contribution is 2.47. The van der Waals surface area contributed by atoms with Crippen molar-refractivity contribution < 1.29 is 0 Å². The highest BCUT2D eigenvalue weighted by atomic mass is 15.1. The highest BCUT2D eigenvalue weighted by molar-refractivity contribution is 6.30. The average molecular weight is 1480 g/mol. The smallest absolute Gasteiger partial charge is 0.0709 e. The van der Waals surface area contributed by atoms with Crippen LogP contribution in [0.4, 0.5) is 0 Å². The van der Waals surface area contributed by atoms with Crippen LogP contribution in [0.5, 0.6) is 0 Å². The van der Waals surface area contributed by atoms with Crippen LogP contribution in [-0.4, -0.2) is 36.5 Å². The van der Waals surface area contributed by atoms with E-state index in [0.717, 1.165) is 155 Å². The molecular formula is C108H68N8. The van der Waals surface area contributed by atoms with Gasteiger partial charge in [0.2, 0.25) is 0 Å². The molecule has 0 radical (unpaired) electrons. The largest absolute Gasteiger partial charge is 0.309 e. The lowest BCUT2D eigenvalue weighted by Gasteiger charge is -2.24. The first kappa shape index (κ1) is 64.1. The summed E-state index contributed by atoms with van der Waals surface area (Å²) >= 11 is 0. The van der Waals surface area contributed by atoms with Crippen LogP contribution in [-0.2, 0) is 0 Å². The van der Waals surface area contributed by atoms with E-state index in [1.165, 1.54) is 65.2 Å². The third-order valence-electron chi connectivity index (χ3n) is 24.6. The summed E-state index contributed by atoms with van der Waals surface area (Å²) in [5.41, 5.74) is 26.4. The Morgan fingerprint density at radius 1 is 0.0862 bits per heavy atom. The maximum absolute atomic E-state index is 2.53. The predicted molar refractivity (Wildman–Crippen MR) is 488 cm³/mol. The Bertz CT molecular complexity index is 7960. The van der Waals surface area contributed by atoms with Crippen LogP contribution in [0.3, 0.4) is 0 Å². The minimum atomic E-state index is 1.05. The number of hydrogen-bond donors (Lipinski definition) is 0. The number of rotatable bonds is 8. The third-order valence-corrected chi connectivity index (χ3v) is 24.6. The van der Waals surface area contributed by atoms with Gasteiger partial charge in [-0.3, -0.25) is 0 Å². The van der Waals surface area contributed by atoms with Crippen molar-refractivity contribution in [1.82, 2.24) is 36.5 Å². The fourth-order valence-corrected chi connectivity index (χ4v) is 19.8. The molecule has 0 saturated carbocycles. The molecule has 0 fully saturated rings. The molecule has 6 heterocycles. The van der Waals surface area contributed by atoms with Gasteiger partial charge in [-0.1, -0.05) is 218 Å². The second kappa shape index (κ2) is 24.9. The van der Waals surface area contributed by atoms with Gasteiger partial charge in [0.15, 0.2) is 0 Å². The van der Waals surface area contributed by atoms with Gasteiger partial charge < -0.3 is 36.5 Å². The van der Waals surface area contributed by atoms with E-state index < -0.39 is 0 Å². The summed E-state index contributed by atoms with van der Waals surface area (Å²) in [5.74, 6) is 0. The Hall–Kier alpha value is -15.6. The van der Waals surface area contributed by atoms with Crippen LogP contribution in [0.15, 0.2) is 413 Å². The maximum atomic E-state index is 2.53. The predicted octanol–water partition coefficient (Wildman–Crippen LogP) is 28.2. The molecule has 0 aliphatic carbocycles. The van der Waals surface area contributed by atoms with Crippen molar-refractivity contribution in [3.05, 3.63) is 413 Å². The van der Waals surface area contributed by atoms with Gasteiger partial charge in [-0.05, 0) is 237 Å². The Kier molecular flexibility index (Phi) is 13.8. The van der Waals surface area contributed by atoms with E-state index in [1.54, 1.807) is 0 Å². The maximum Gasteiger partial charge on any atom is 0.0709 e. The standard InChI is InChI=1S/C108H68N8/c1-5-29-69(30-6-1)109-101-49-25-27-51-103(101)111(71-33-9-3-10-34-71)107-67-89-87(65-105(107)109)77-57-53-73(115-97-47-23-17-41-83(97)91-63-75(55-59-99(91)115)113-93-43-19-13-37-79(93)80-38-14-20-44-94(80)113)61-85(77)86-62-74(116-98-48-24-18-42-84(98)92-64-76(56-60-100(92)116)114-95-45-21-15-39-81(95)82-40-16-22-46-96(82)114)54-58-78(86)88-66-106-108(68-90(88)89)112(72-35-11-4-12-36-72)104-52-28-26-50-102(104)110(106)70-31-7-2-8-32-70/h1-68H. The molecule has 19 aromatic carbocycles. The Labute approximate surface area is 664 Å². The average Bonchev–Trinajstić information content (AvgIpc) is 1.03. The van der Waals surface area contributed by atoms with Gasteiger partial charge in [0.05, 0.1) is 88.3 Å². The fourth-order valence-electron chi connectivity index (χ4n) is 19.8. The number of para-hydroxylation sites is 14. The molecule has 540 valence electrons. The molecule has 0 aliphatic heterocycles. The number of aromatic nitrogens is 8. The molecule has 0 bridgehead atoms. The fraction of sp³-hybridized carbons (Fsp3) is 0. The molecule has 8 heteroatoms. The van der Waals surface area contributed by atoms with Crippen molar-refractivity contribution in [1.29, 1.82) is 0 Å². The van der Waals surface area contributed by atoms with Gasteiger partial charge in [0.1, 0.15) is 0 Å². The van der Waals surface area contributed by atoms with E-state index in [0.29, 0.717) is 0 Å². The van der Waals surface area contributed by atoms with Gasteiger partial charge in [-0.15, -0.1) is 0 Å². The zero-order valence-corrected chi connectivity index (χ0v) is 62.8. The first-order valence-electron chi connectivity index (χ1n) is 39.9. The van der Waals surface area contributed by atoms with Crippen LogP contribution in [0.2, 0.25) is 0 Å². The molecule has 0 saturated heterocycles. The molecule has 8 nitrogen and oxygen atoms in total. The number of nitrogens with zero attached hydrogens (tertiary/aromatic N) is 8. The van der Waals surface area contributed by atoms with E-state index in [2.05, 4.69) is 449 Å². The van der Waals surface area contributed by atoms with Gasteiger partial charge in [-0.25, -0.2) is 0 Å². The second-order valence-electron chi connectivity index (χ2n) is 30.7. The SMILES string of the molecule is c1ccc(-n2c3ccccc3n(-c3ccccc3)c3cc4c(cc32)c2ccc(-n3c5ccccc5c5cc(-n6c7ccccc7c7ccccc76)ccc53)cc2c2cc(-n3c5ccccc5c5cc(-n6c7ccccc7c7ccccc76)ccc53)ccc2c2cc3c(cc24)n(-c2ccccc2)c2ccccc2n3-c2ccccc2)cc1. The van der Waals surface area contributed by atoms with Crippen molar-refractivity contribution >= 4 is 174 Å². The van der Waals surface area contributed by atoms with E-state index in [-0.39, 0.29) is 0 Å². The number of fused-ring (bicyclic) bond motifs is 24. The van der Waals surface area contributed by atoms with E-state index in [4.69, 9.17) is 0 Å². The topological polar surface area (TPSA) is 39.4 Å². The van der Waals surface area contributed by atoms with Crippen molar-refractivity contribution in [3.63, 3.8) is 0 Å². The van der Waals surface area contributed by atoms with E-state index in [9.17, 15) is 0 Å². The first-order valence-corrected chi connectivity index (χ1v) is 39.9. The normalized spacial score (nSPS) is 12.1. The lowest BCUT2D eigenvalue weighted by molar-refractivity contribution is 1.09. The van der Waals surface area contributed by atoms with E-state index >= 15 is 0 Å². The van der Waals surface area contributed by atoms with E-state index in [1.807, 2.05) is 0 Å². The first-order chi connectivity index (χ1) is 57.6.